The van der Waals surface area contributed by atoms with E-state index in [1.807, 2.05) is 0 Å². The van der Waals surface area contributed by atoms with Gasteiger partial charge in [0.05, 0.1) is 23.6 Å². The Morgan fingerprint density at radius 2 is 2.07 bits per heavy atom. The molecule has 2 rings (SSSR count). The Morgan fingerprint density at radius 3 is 2.67 bits per heavy atom. The molecule has 27 heavy (non-hydrogen) atoms. The minimum absolute atomic E-state index is 0.0107. The standard InChI is InChI=1S/C16H21F3N2O5S/c1-21(15(23)20-11-6-7-27(24,25)10-11)8-12(22)9-26-14-5-3-2-4-13(14)16(17,18)19/h2-5,11-12,22H,6-10H2,1H3,(H,20,23)/t11-,12-/m1/s1. The van der Waals surface area contributed by atoms with Crippen molar-refractivity contribution >= 4 is 15.9 Å². The summed E-state index contributed by atoms with van der Waals surface area (Å²) < 4.78 is 66.5. The molecule has 0 spiro atoms. The molecule has 0 aliphatic carbocycles. The number of benzene rings is 1. The average Bonchev–Trinajstić information content (AvgIpc) is 2.90. The lowest BCUT2D eigenvalue weighted by molar-refractivity contribution is -0.139. The van der Waals surface area contributed by atoms with Crippen LogP contribution in [0.25, 0.3) is 0 Å². The summed E-state index contributed by atoms with van der Waals surface area (Å²) in [4.78, 5) is 13.1. The fourth-order valence-electron chi connectivity index (χ4n) is 2.66. The van der Waals surface area contributed by atoms with Gasteiger partial charge in [0.15, 0.2) is 9.84 Å². The summed E-state index contributed by atoms with van der Waals surface area (Å²) in [6.07, 6.45) is -5.49. The van der Waals surface area contributed by atoms with E-state index in [1.165, 1.54) is 19.2 Å². The molecule has 1 aliphatic heterocycles. The highest BCUT2D eigenvalue weighted by atomic mass is 32.2. The van der Waals surface area contributed by atoms with Crippen LogP contribution in [0.3, 0.4) is 0 Å². The number of aliphatic hydroxyl groups excluding tert-OH is 1. The Kier molecular flexibility index (Phi) is 6.58. The van der Waals surface area contributed by atoms with Crippen molar-refractivity contribution in [3.8, 4) is 5.75 Å². The van der Waals surface area contributed by atoms with Crippen molar-refractivity contribution in [2.24, 2.45) is 0 Å². The largest absolute Gasteiger partial charge is 0.490 e. The van der Waals surface area contributed by atoms with E-state index >= 15 is 0 Å². The van der Waals surface area contributed by atoms with Crippen molar-refractivity contribution in [3.05, 3.63) is 29.8 Å². The van der Waals surface area contributed by atoms with Crippen molar-refractivity contribution in [1.29, 1.82) is 0 Å². The Morgan fingerprint density at radius 1 is 1.41 bits per heavy atom. The zero-order valence-corrected chi connectivity index (χ0v) is 15.4. The van der Waals surface area contributed by atoms with Gasteiger partial charge in [0.25, 0.3) is 0 Å². The lowest BCUT2D eigenvalue weighted by Gasteiger charge is -2.23. The van der Waals surface area contributed by atoms with Crippen molar-refractivity contribution in [2.75, 3.05) is 31.7 Å². The molecule has 1 fully saturated rings. The van der Waals surface area contributed by atoms with Gasteiger partial charge in [-0.15, -0.1) is 0 Å². The molecule has 0 saturated carbocycles. The minimum Gasteiger partial charge on any atom is -0.490 e. The first-order chi connectivity index (χ1) is 12.5. The number of sulfone groups is 1. The van der Waals surface area contributed by atoms with Crippen molar-refractivity contribution in [3.63, 3.8) is 0 Å². The van der Waals surface area contributed by atoms with Gasteiger partial charge in [-0.05, 0) is 18.6 Å². The summed E-state index contributed by atoms with van der Waals surface area (Å²) in [5.74, 6) is -0.532. The number of rotatable bonds is 6. The molecule has 1 aliphatic rings. The fraction of sp³-hybridized carbons (Fsp3) is 0.562. The van der Waals surface area contributed by atoms with Crippen molar-refractivity contribution in [1.82, 2.24) is 10.2 Å². The molecule has 1 heterocycles. The Bertz CT molecular complexity index is 770. The highest BCUT2D eigenvalue weighted by Gasteiger charge is 2.34. The number of para-hydroxylation sites is 1. The quantitative estimate of drug-likeness (QED) is 0.737. The van der Waals surface area contributed by atoms with E-state index in [2.05, 4.69) is 5.32 Å². The van der Waals surface area contributed by atoms with Crippen LogP contribution in [0, 0.1) is 0 Å². The topological polar surface area (TPSA) is 95.9 Å². The third-order valence-corrected chi connectivity index (χ3v) is 5.78. The molecule has 1 saturated heterocycles. The van der Waals surface area contributed by atoms with Crippen LogP contribution in [-0.4, -0.2) is 68.3 Å². The summed E-state index contributed by atoms with van der Waals surface area (Å²) in [5.41, 5.74) is -0.953. The van der Waals surface area contributed by atoms with Crippen LogP contribution >= 0.6 is 0 Å². The second kappa shape index (κ2) is 8.34. The summed E-state index contributed by atoms with van der Waals surface area (Å²) in [7, 11) is -1.76. The maximum atomic E-state index is 12.9. The smallest absolute Gasteiger partial charge is 0.419 e. The van der Waals surface area contributed by atoms with Crippen LogP contribution in [0.2, 0.25) is 0 Å². The van der Waals surface area contributed by atoms with Gasteiger partial charge in [0.2, 0.25) is 0 Å². The van der Waals surface area contributed by atoms with E-state index in [1.54, 1.807) is 0 Å². The number of ether oxygens (including phenoxy) is 1. The van der Waals surface area contributed by atoms with Crippen LogP contribution < -0.4 is 10.1 Å². The van der Waals surface area contributed by atoms with Crippen LogP contribution in [0.1, 0.15) is 12.0 Å². The predicted molar refractivity (Wildman–Crippen MR) is 91.2 cm³/mol. The first kappa shape index (κ1) is 21.3. The fourth-order valence-corrected chi connectivity index (χ4v) is 4.33. The molecule has 0 bridgehead atoms. The number of alkyl halides is 3. The summed E-state index contributed by atoms with van der Waals surface area (Å²) in [5, 5.41) is 12.5. The number of nitrogens with zero attached hydrogens (tertiary/aromatic N) is 1. The molecule has 0 unspecified atom stereocenters. The molecule has 2 N–H and O–H groups in total. The zero-order valence-electron chi connectivity index (χ0n) is 14.6. The van der Waals surface area contributed by atoms with E-state index in [0.29, 0.717) is 6.42 Å². The van der Waals surface area contributed by atoms with Gasteiger partial charge in [-0.2, -0.15) is 13.2 Å². The molecule has 1 aromatic rings. The van der Waals surface area contributed by atoms with Crippen LogP contribution in [0.5, 0.6) is 5.75 Å². The van der Waals surface area contributed by atoms with Crippen molar-refractivity contribution < 1.29 is 36.2 Å². The zero-order chi connectivity index (χ0) is 20.2. The van der Waals surface area contributed by atoms with Crippen LogP contribution in [0.4, 0.5) is 18.0 Å². The minimum atomic E-state index is -4.58. The highest BCUT2D eigenvalue weighted by molar-refractivity contribution is 7.91. The SMILES string of the molecule is CN(C[C@@H](O)COc1ccccc1C(F)(F)F)C(=O)N[C@@H]1CCS(=O)(=O)C1. The third kappa shape index (κ3) is 6.28. The maximum Gasteiger partial charge on any atom is 0.419 e. The number of halogens is 3. The third-order valence-electron chi connectivity index (χ3n) is 4.02. The summed E-state index contributed by atoms with van der Waals surface area (Å²) >= 11 is 0. The molecular formula is C16H21F3N2O5S. The van der Waals surface area contributed by atoms with Crippen molar-refractivity contribution in [2.45, 2.75) is 24.7 Å². The van der Waals surface area contributed by atoms with Gasteiger partial charge in [-0.25, -0.2) is 13.2 Å². The number of amides is 2. The lowest BCUT2D eigenvalue weighted by atomic mass is 10.2. The van der Waals surface area contributed by atoms with Gasteiger partial charge in [-0.3, -0.25) is 0 Å². The molecule has 152 valence electrons. The predicted octanol–water partition coefficient (Wildman–Crippen LogP) is 1.27. The number of aliphatic hydroxyl groups is 1. The number of carbonyl (C=O) groups excluding carboxylic acids is 1. The van der Waals surface area contributed by atoms with Gasteiger partial charge in [-0.1, -0.05) is 12.1 Å². The number of likely N-dealkylation sites (N-methyl/N-ethyl adjacent to an activating group) is 1. The van der Waals surface area contributed by atoms with Gasteiger partial charge in [0, 0.05) is 13.1 Å². The molecular weight excluding hydrogens is 389 g/mol. The first-order valence-electron chi connectivity index (χ1n) is 8.17. The summed E-state index contributed by atoms with van der Waals surface area (Å²) in [6, 6.07) is 3.56. The second-order valence-corrected chi connectivity index (χ2v) is 8.62. The summed E-state index contributed by atoms with van der Waals surface area (Å²) in [6.45, 7) is -0.637. The Hall–Kier alpha value is -2.01. The number of hydrogen-bond acceptors (Lipinski definition) is 5. The normalized spacial score (nSPS) is 20.1. The van der Waals surface area contributed by atoms with Gasteiger partial charge >= 0.3 is 12.2 Å². The maximum absolute atomic E-state index is 12.9. The lowest BCUT2D eigenvalue weighted by Crippen LogP contribution is -2.46. The van der Waals surface area contributed by atoms with E-state index < -0.39 is 52.1 Å². The monoisotopic (exact) mass is 410 g/mol. The molecule has 0 radical (unpaired) electrons. The average molecular weight is 410 g/mol. The number of nitrogens with one attached hydrogen (secondary N) is 1. The highest BCUT2D eigenvalue weighted by Crippen LogP contribution is 2.35. The van der Waals surface area contributed by atoms with E-state index in [4.69, 9.17) is 4.74 Å². The molecule has 2 amide bonds. The number of hydrogen-bond donors (Lipinski definition) is 2. The van der Waals surface area contributed by atoms with Gasteiger partial charge < -0.3 is 20.1 Å². The Balaban J connectivity index is 1.83. The molecule has 0 aromatic heterocycles. The second-order valence-electron chi connectivity index (χ2n) is 6.39. The molecule has 2 atom stereocenters. The molecule has 1 aromatic carbocycles. The molecule has 11 heteroatoms. The molecule has 7 nitrogen and oxygen atoms in total. The van der Waals surface area contributed by atoms with E-state index in [-0.39, 0.29) is 18.1 Å². The number of carbonyl (C=O) groups is 1. The first-order valence-corrected chi connectivity index (χ1v) is 9.99. The van der Waals surface area contributed by atoms with E-state index in [0.717, 1.165) is 17.0 Å². The Labute approximate surface area is 155 Å². The van der Waals surface area contributed by atoms with Crippen LogP contribution in [0.15, 0.2) is 24.3 Å². The van der Waals surface area contributed by atoms with E-state index in [9.17, 15) is 31.5 Å². The van der Waals surface area contributed by atoms with Gasteiger partial charge in [0.1, 0.15) is 18.5 Å². The van der Waals surface area contributed by atoms with Crippen LogP contribution in [-0.2, 0) is 16.0 Å². The number of urea groups is 1.